The van der Waals surface area contributed by atoms with Gasteiger partial charge in [0.1, 0.15) is 0 Å². The third-order valence-corrected chi connectivity index (χ3v) is 4.10. The van der Waals surface area contributed by atoms with Crippen molar-refractivity contribution in [2.24, 2.45) is 0 Å². The Morgan fingerprint density at radius 1 is 1.47 bits per heavy atom. The van der Waals surface area contributed by atoms with E-state index in [1.807, 2.05) is 24.4 Å². The maximum absolute atomic E-state index is 11.0. The van der Waals surface area contributed by atoms with Crippen LogP contribution < -0.4 is 5.32 Å². The van der Waals surface area contributed by atoms with E-state index in [2.05, 4.69) is 5.32 Å². The number of benzene rings is 1. The van der Waals surface area contributed by atoms with Crippen LogP contribution in [-0.2, 0) is 6.54 Å². The summed E-state index contributed by atoms with van der Waals surface area (Å²) in [6.45, 7) is 2.47. The lowest BCUT2D eigenvalue weighted by Crippen LogP contribution is -2.17. The predicted octanol–water partition coefficient (Wildman–Crippen LogP) is 4.16. The topological polar surface area (TPSA) is 55.2 Å². The highest BCUT2D eigenvalue weighted by atomic mass is 35.5. The number of nitrogens with zero attached hydrogens (tertiary/aromatic N) is 1. The molecule has 2 aromatic rings. The molecule has 2 rings (SSSR count). The second-order valence-electron chi connectivity index (χ2n) is 4.15. The van der Waals surface area contributed by atoms with Crippen molar-refractivity contribution in [2.45, 2.75) is 19.5 Å². The molecule has 0 fully saturated rings. The molecule has 6 heteroatoms. The number of rotatable bonds is 5. The number of hydrogen-bond acceptors (Lipinski definition) is 4. The van der Waals surface area contributed by atoms with Gasteiger partial charge >= 0.3 is 0 Å². The maximum Gasteiger partial charge on any atom is 0.275 e. The molecule has 100 valence electrons. The van der Waals surface area contributed by atoms with E-state index < -0.39 is 4.92 Å². The molecule has 1 N–H and O–H groups in total. The van der Waals surface area contributed by atoms with Crippen molar-refractivity contribution in [1.29, 1.82) is 0 Å². The van der Waals surface area contributed by atoms with E-state index in [1.165, 1.54) is 10.9 Å². The first-order valence-corrected chi connectivity index (χ1v) is 7.03. The van der Waals surface area contributed by atoms with Crippen molar-refractivity contribution in [1.82, 2.24) is 5.32 Å². The first-order valence-electron chi connectivity index (χ1n) is 5.77. The van der Waals surface area contributed by atoms with Gasteiger partial charge in [-0.05, 0) is 30.5 Å². The van der Waals surface area contributed by atoms with Gasteiger partial charge in [-0.3, -0.25) is 10.1 Å². The summed E-state index contributed by atoms with van der Waals surface area (Å²) in [5, 5.41) is 16.6. The van der Waals surface area contributed by atoms with Gasteiger partial charge in [-0.25, -0.2) is 0 Å². The summed E-state index contributed by atoms with van der Waals surface area (Å²) in [5.74, 6) is 0. The third-order valence-electron chi connectivity index (χ3n) is 2.81. The molecule has 0 saturated carbocycles. The fourth-order valence-electron chi connectivity index (χ4n) is 1.76. The number of thiophene rings is 1. The summed E-state index contributed by atoms with van der Waals surface area (Å²) in [7, 11) is 0. The first-order chi connectivity index (χ1) is 9.08. The van der Waals surface area contributed by atoms with E-state index in [4.69, 9.17) is 11.6 Å². The maximum atomic E-state index is 11.0. The molecule has 0 saturated heterocycles. The summed E-state index contributed by atoms with van der Waals surface area (Å²) in [6.07, 6.45) is 0. The van der Waals surface area contributed by atoms with Crippen LogP contribution in [0.4, 0.5) is 5.69 Å². The van der Waals surface area contributed by atoms with Crippen LogP contribution in [0, 0.1) is 10.1 Å². The van der Waals surface area contributed by atoms with Gasteiger partial charge in [0.25, 0.3) is 5.69 Å². The smallest absolute Gasteiger partial charge is 0.275 e. The zero-order valence-electron chi connectivity index (χ0n) is 10.3. The number of nitro benzene ring substituents is 1. The Balaban J connectivity index is 2.09. The second kappa shape index (κ2) is 6.14. The monoisotopic (exact) mass is 296 g/mol. The van der Waals surface area contributed by atoms with Crippen LogP contribution in [0.25, 0.3) is 0 Å². The Hall–Kier alpha value is -1.43. The molecule has 0 aliphatic carbocycles. The number of nitrogens with one attached hydrogen (secondary N) is 1. The number of hydrogen-bond donors (Lipinski definition) is 1. The van der Waals surface area contributed by atoms with Gasteiger partial charge in [-0.1, -0.05) is 17.7 Å². The lowest BCUT2D eigenvalue weighted by atomic mass is 10.1. The highest BCUT2D eigenvalue weighted by Crippen LogP contribution is 2.24. The van der Waals surface area contributed by atoms with E-state index in [-0.39, 0.29) is 11.7 Å². The van der Waals surface area contributed by atoms with Crippen LogP contribution in [0.3, 0.4) is 0 Å². The molecule has 19 heavy (non-hydrogen) atoms. The van der Waals surface area contributed by atoms with Crippen LogP contribution in [0.2, 0.25) is 5.02 Å². The SMILES string of the molecule is C[C@H](NCc1ccc(Cl)cc1[N+](=O)[O-])c1cccs1. The van der Waals surface area contributed by atoms with E-state index >= 15 is 0 Å². The summed E-state index contributed by atoms with van der Waals surface area (Å²) in [6, 6.07) is 8.93. The zero-order chi connectivity index (χ0) is 13.8. The molecule has 0 aliphatic rings. The standard InChI is InChI=1S/C13H13ClN2O2S/c1-9(13-3-2-6-19-13)15-8-10-4-5-11(14)7-12(10)16(17)18/h2-7,9,15H,8H2,1H3/t9-/m0/s1. The first kappa shape index (κ1) is 14.0. The van der Waals surface area contributed by atoms with Gasteiger partial charge in [0.15, 0.2) is 0 Å². The van der Waals surface area contributed by atoms with Crippen molar-refractivity contribution >= 4 is 28.6 Å². The average Bonchev–Trinajstić information content (AvgIpc) is 2.90. The summed E-state index contributed by atoms with van der Waals surface area (Å²) in [5.41, 5.74) is 0.691. The minimum Gasteiger partial charge on any atom is -0.305 e. The van der Waals surface area contributed by atoms with E-state index in [0.717, 1.165) is 0 Å². The van der Waals surface area contributed by atoms with Crippen LogP contribution in [0.5, 0.6) is 0 Å². The number of halogens is 1. The normalized spacial score (nSPS) is 12.3. The van der Waals surface area contributed by atoms with Gasteiger partial charge in [-0.15, -0.1) is 11.3 Å². The van der Waals surface area contributed by atoms with Gasteiger partial charge in [0, 0.05) is 34.1 Å². The quantitative estimate of drug-likeness (QED) is 0.666. The van der Waals surface area contributed by atoms with E-state index in [0.29, 0.717) is 17.1 Å². The summed E-state index contributed by atoms with van der Waals surface area (Å²) < 4.78 is 0. The van der Waals surface area contributed by atoms with Crippen molar-refractivity contribution in [2.75, 3.05) is 0 Å². The Kier molecular flexibility index (Phi) is 4.52. The second-order valence-corrected chi connectivity index (χ2v) is 5.56. The molecule has 0 radical (unpaired) electrons. The zero-order valence-corrected chi connectivity index (χ0v) is 11.9. The molecule has 0 aliphatic heterocycles. The predicted molar refractivity (Wildman–Crippen MR) is 77.7 cm³/mol. The van der Waals surface area contributed by atoms with Gasteiger partial charge < -0.3 is 5.32 Å². The minimum absolute atomic E-state index is 0.0541. The summed E-state index contributed by atoms with van der Waals surface area (Å²) >= 11 is 7.44. The van der Waals surface area contributed by atoms with Gasteiger partial charge in [-0.2, -0.15) is 0 Å². The van der Waals surface area contributed by atoms with E-state index in [1.54, 1.807) is 23.5 Å². The fourth-order valence-corrected chi connectivity index (χ4v) is 2.68. The third kappa shape index (κ3) is 3.53. The molecule has 0 bridgehead atoms. The molecule has 0 amide bonds. The van der Waals surface area contributed by atoms with Crippen molar-refractivity contribution in [3.63, 3.8) is 0 Å². The van der Waals surface area contributed by atoms with Crippen LogP contribution in [0.1, 0.15) is 23.4 Å². The Morgan fingerprint density at radius 3 is 2.89 bits per heavy atom. The Labute approximate surface area is 120 Å². The highest BCUT2D eigenvalue weighted by molar-refractivity contribution is 7.10. The average molecular weight is 297 g/mol. The molecule has 4 nitrogen and oxygen atoms in total. The van der Waals surface area contributed by atoms with Crippen molar-refractivity contribution in [3.8, 4) is 0 Å². The highest BCUT2D eigenvalue weighted by Gasteiger charge is 2.15. The molecule has 0 spiro atoms. The largest absolute Gasteiger partial charge is 0.305 e. The van der Waals surface area contributed by atoms with Crippen LogP contribution >= 0.6 is 22.9 Å². The lowest BCUT2D eigenvalue weighted by Gasteiger charge is -2.12. The molecule has 0 unspecified atom stereocenters. The van der Waals surface area contributed by atoms with Crippen LogP contribution in [-0.4, -0.2) is 4.92 Å². The molecular formula is C13H13ClN2O2S. The van der Waals surface area contributed by atoms with Gasteiger partial charge in [0.2, 0.25) is 0 Å². The number of nitro groups is 1. The lowest BCUT2D eigenvalue weighted by molar-refractivity contribution is -0.385. The Bertz CT molecular complexity index is 572. The molecular weight excluding hydrogens is 284 g/mol. The van der Waals surface area contributed by atoms with Crippen molar-refractivity contribution in [3.05, 3.63) is 61.3 Å². The minimum atomic E-state index is -0.404. The molecule has 1 aromatic carbocycles. The van der Waals surface area contributed by atoms with Crippen LogP contribution in [0.15, 0.2) is 35.7 Å². The Morgan fingerprint density at radius 2 is 2.26 bits per heavy atom. The molecule has 1 heterocycles. The van der Waals surface area contributed by atoms with Crippen molar-refractivity contribution < 1.29 is 4.92 Å². The van der Waals surface area contributed by atoms with Gasteiger partial charge in [0.05, 0.1) is 4.92 Å². The molecule has 1 atom stereocenters. The molecule has 1 aromatic heterocycles. The van der Waals surface area contributed by atoms with E-state index in [9.17, 15) is 10.1 Å². The summed E-state index contributed by atoms with van der Waals surface area (Å²) in [4.78, 5) is 11.8. The fraction of sp³-hybridized carbons (Fsp3) is 0.231.